The highest BCUT2D eigenvalue weighted by molar-refractivity contribution is 7.99. The molecule has 0 aliphatic heterocycles. The first kappa shape index (κ1) is 16.1. The Morgan fingerprint density at radius 2 is 2.00 bits per heavy atom. The van der Waals surface area contributed by atoms with E-state index in [2.05, 4.69) is 27.0 Å². The molecule has 1 heterocycles. The second-order valence-corrected chi connectivity index (χ2v) is 6.70. The van der Waals surface area contributed by atoms with E-state index in [-0.39, 0.29) is 5.91 Å². The lowest BCUT2D eigenvalue weighted by Gasteiger charge is -2.11. The SMILES string of the molecule is CCn1c(SCC(=O)NC2CCCC2)nnc1-c1ccccc1. The van der Waals surface area contributed by atoms with Gasteiger partial charge in [0.15, 0.2) is 11.0 Å². The molecule has 0 radical (unpaired) electrons. The van der Waals surface area contributed by atoms with Gasteiger partial charge in [0.25, 0.3) is 0 Å². The zero-order chi connectivity index (χ0) is 16.1. The number of carbonyl (C=O) groups excluding carboxylic acids is 1. The standard InChI is InChI=1S/C17H22N4OS/c1-2-21-16(13-8-4-3-5-9-13)19-20-17(21)23-12-15(22)18-14-10-6-7-11-14/h3-5,8-9,14H,2,6-7,10-12H2,1H3,(H,18,22). The average molecular weight is 330 g/mol. The summed E-state index contributed by atoms with van der Waals surface area (Å²) in [4.78, 5) is 12.1. The summed E-state index contributed by atoms with van der Waals surface area (Å²) in [6.45, 7) is 2.85. The predicted octanol–water partition coefficient (Wildman–Crippen LogP) is 3.12. The average Bonchev–Trinajstić information content (AvgIpc) is 3.22. The molecule has 1 saturated carbocycles. The number of rotatable bonds is 6. The maximum Gasteiger partial charge on any atom is 0.230 e. The number of thioether (sulfide) groups is 1. The summed E-state index contributed by atoms with van der Waals surface area (Å²) < 4.78 is 2.06. The van der Waals surface area contributed by atoms with E-state index >= 15 is 0 Å². The van der Waals surface area contributed by atoms with Crippen molar-refractivity contribution < 1.29 is 4.79 Å². The van der Waals surface area contributed by atoms with Gasteiger partial charge < -0.3 is 9.88 Å². The first-order chi connectivity index (χ1) is 11.3. The molecule has 2 aromatic rings. The third-order valence-corrected chi connectivity index (χ3v) is 5.08. The van der Waals surface area contributed by atoms with E-state index in [4.69, 9.17) is 0 Å². The van der Waals surface area contributed by atoms with E-state index in [0.717, 1.165) is 35.9 Å². The molecule has 1 N–H and O–H groups in total. The number of carbonyl (C=O) groups is 1. The van der Waals surface area contributed by atoms with Gasteiger partial charge in [-0.1, -0.05) is 54.9 Å². The van der Waals surface area contributed by atoms with Gasteiger partial charge in [-0.2, -0.15) is 0 Å². The molecule has 1 amide bonds. The van der Waals surface area contributed by atoms with Gasteiger partial charge in [-0.05, 0) is 19.8 Å². The summed E-state index contributed by atoms with van der Waals surface area (Å²) >= 11 is 1.46. The van der Waals surface area contributed by atoms with E-state index in [1.165, 1.54) is 24.6 Å². The second kappa shape index (κ2) is 7.64. The molecule has 1 aromatic heterocycles. The van der Waals surface area contributed by atoms with Gasteiger partial charge in [0, 0.05) is 18.2 Å². The first-order valence-corrected chi connectivity index (χ1v) is 9.17. The molecular weight excluding hydrogens is 308 g/mol. The number of nitrogens with one attached hydrogen (secondary N) is 1. The summed E-state index contributed by atoms with van der Waals surface area (Å²) in [5, 5.41) is 12.5. The number of aromatic nitrogens is 3. The summed E-state index contributed by atoms with van der Waals surface area (Å²) in [5.74, 6) is 1.34. The Morgan fingerprint density at radius 3 is 2.70 bits per heavy atom. The van der Waals surface area contributed by atoms with E-state index < -0.39 is 0 Å². The van der Waals surface area contributed by atoms with Gasteiger partial charge in [-0.15, -0.1) is 10.2 Å². The summed E-state index contributed by atoms with van der Waals surface area (Å²) in [6.07, 6.45) is 4.67. The summed E-state index contributed by atoms with van der Waals surface area (Å²) in [5.41, 5.74) is 1.05. The van der Waals surface area contributed by atoms with Gasteiger partial charge in [-0.3, -0.25) is 4.79 Å². The Bertz CT molecular complexity index is 650. The van der Waals surface area contributed by atoms with Gasteiger partial charge in [0.05, 0.1) is 5.75 Å². The van der Waals surface area contributed by atoms with Crippen LogP contribution in [-0.2, 0) is 11.3 Å². The molecular formula is C17H22N4OS. The number of hydrogen-bond acceptors (Lipinski definition) is 4. The molecule has 0 spiro atoms. The molecule has 0 atom stereocenters. The molecule has 23 heavy (non-hydrogen) atoms. The third kappa shape index (κ3) is 3.93. The van der Waals surface area contributed by atoms with Crippen molar-refractivity contribution in [1.29, 1.82) is 0 Å². The maximum atomic E-state index is 12.1. The van der Waals surface area contributed by atoms with Crippen LogP contribution in [0.2, 0.25) is 0 Å². The van der Waals surface area contributed by atoms with Gasteiger partial charge in [-0.25, -0.2) is 0 Å². The lowest BCUT2D eigenvalue weighted by Crippen LogP contribution is -2.33. The number of nitrogens with zero attached hydrogens (tertiary/aromatic N) is 3. The van der Waals surface area contributed by atoms with E-state index in [9.17, 15) is 4.79 Å². The van der Waals surface area contributed by atoms with Crippen molar-refractivity contribution in [2.24, 2.45) is 0 Å². The topological polar surface area (TPSA) is 59.8 Å². The van der Waals surface area contributed by atoms with Gasteiger partial charge in [0.1, 0.15) is 0 Å². The molecule has 1 fully saturated rings. The van der Waals surface area contributed by atoms with Crippen LogP contribution in [0, 0.1) is 0 Å². The Hall–Kier alpha value is -1.82. The van der Waals surface area contributed by atoms with Crippen molar-refractivity contribution in [2.75, 3.05) is 5.75 Å². The van der Waals surface area contributed by atoms with Gasteiger partial charge in [0.2, 0.25) is 5.91 Å². The minimum Gasteiger partial charge on any atom is -0.353 e. The largest absolute Gasteiger partial charge is 0.353 e. The van der Waals surface area contributed by atoms with Crippen molar-refractivity contribution in [2.45, 2.75) is 50.4 Å². The minimum absolute atomic E-state index is 0.0915. The van der Waals surface area contributed by atoms with Crippen LogP contribution in [0.25, 0.3) is 11.4 Å². The highest BCUT2D eigenvalue weighted by Crippen LogP contribution is 2.24. The van der Waals surface area contributed by atoms with Crippen LogP contribution in [0.1, 0.15) is 32.6 Å². The van der Waals surface area contributed by atoms with Crippen molar-refractivity contribution in [1.82, 2.24) is 20.1 Å². The zero-order valence-electron chi connectivity index (χ0n) is 13.4. The Kier molecular flexibility index (Phi) is 5.33. The van der Waals surface area contributed by atoms with Crippen LogP contribution in [0.5, 0.6) is 0 Å². The van der Waals surface area contributed by atoms with E-state index in [1.807, 2.05) is 30.3 Å². The molecule has 1 aromatic carbocycles. The molecule has 1 aliphatic carbocycles. The van der Waals surface area contributed by atoms with Crippen LogP contribution in [0.3, 0.4) is 0 Å². The highest BCUT2D eigenvalue weighted by Gasteiger charge is 2.18. The Labute approximate surface area is 140 Å². The van der Waals surface area contributed by atoms with Crippen molar-refractivity contribution in [3.8, 4) is 11.4 Å². The fraction of sp³-hybridized carbons (Fsp3) is 0.471. The fourth-order valence-corrected chi connectivity index (χ4v) is 3.76. The zero-order valence-corrected chi connectivity index (χ0v) is 14.2. The van der Waals surface area contributed by atoms with Gasteiger partial charge >= 0.3 is 0 Å². The molecule has 3 rings (SSSR count). The molecule has 1 aliphatic rings. The molecule has 0 saturated heterocycles. The number of amides is 1. The van der Waals surface area contributed by atoms with Crippen LogP contribution >= 0.6 is 11.8 Å². The Balaban J connectivity index is 1.64. The normalized spacial score (nSPS) is 15.0. The first-order valence-electron chi connectivity index (χ1n) is 8.18. The minimum atomic E-state index is 0.0915. The molecule has 6 heteroatoms. The molecule has 0 unspecified atom stereocenters. The lowest BCUT2D eigenvalue weighted by atomic mass is 10.2. The molecule has 5 nitrogen and oxygen atoms in total. The second-order valence-electron chi connectivity index (χ2n) is 5.75. The lowest BCUT2D eigenvalue weighted by molar-refractivity contribution is -0.119. The molecule has 122 valence electrons. The van der Waals surface area contributed by atoms with Crippen LogP contribution in [-0.4, -0.2) is 32.5 Å². The number of benzene rings is 1. The van der Waals surface area contributed by atoms with Crippen molar-refractivity contribution in [3.63, 3.8) is 0 Å². The summed E-state index contributed by atoms with van der Waals surface area (Å²) in [6, 6.07) is 10.4. The highest BCUT2D eigenvalue weighted by atomic mass is 32.2. The van der Waals surface area contributed by atoms with Crippen molar-refractivity contribution in [3.05, 3.63) is 30.3 Å². The third-order valence-electron chi connectivity index (χ3n) is 4.12. The monoisotopic (exact) mass is 330 g/mol. The van der Waals surface area contributed by atoms with Crippen LogP contribution in [0.15, 0.2) is 35.5 Å². The fourth-order valence-electron chi connectivity index (χ4n) is 2.95. The van der Waals surface area contributed by atoms with E-state index in [0.29, 0.717) is 11.8 Å². The van der Waals surface area contributed by atoms with Crippen LogP contribution in [0.4, 0.5) is 0 Å². The molecule has 0 bridgehead atoms. The smallest absolute Gasteiger partial charge is 0.230 e. The van der Waals surface area contributed by atoms with Crippen LogP contribution < -0.4 is 5.32 Å². The summed E-state index contributed by atoms with van der Waals surface area (Å²) in [7, 11) is 0. The quantitative estimate of drug-likeness (QED) is 0.827. The maximum absolute atomic E-state index is 12.1. The van der Waals surface area contributed by atoms with Crippen molar-refractivity contribution >= 4 is 17.7 Å². The van der Waals surface area contributed by atoms with E-state index in [1.54, 1.807) is 0 Å². The number of hydrogen-bond donors (Lipinski definition) is 1. The Morgan fingerprint density at radius 1 is 1.26 bits per heavy atom. The predicted molar refractivity (Wildman–Crippen MR) is 92.3 cm³/mol.